The Balaban J connectivity index is 3.10. The minimum Gasteiger partial charge on any atom is -0.481 e. The Kier molecular flexibility index (Phi) is 4.07. The molecule has 0 unspecified atom stereocenters. The summed E-state index contributed by atoms with van der Waals surface area (Å²) in [5.41, 5.74) is -0.505. The Bertz CT molecular complexity index is 542. The van der Waals surface area contributed by atoms with Crippen LogP contribution in [0.5, 0.6) is 0 Å². The van der Waals surface area contributed by atoms with E-state index in [9.17, 15) is 14.0 Å². The summed E-state index contributed by atoms with van der Waals surface area (Å²) in [5.74, 6) is 1.15. The van der Waals surface area contributed by atoms with Gasteiger partial charge < -0.3 is 10.2 Å². The summed E-state index contributed by atoms with van der Waals surface area (Å²) in [5, 5.41) is 16.8. The first-order valence-electron chi connectivity index (χ1n) is 4.35. The number of halogens is 2. The van der Waals surface area contributed by atoms with Gasteiger partial charge in [0.1, 0.15) is 12.2 Å². The molecule has 0 saturated carbocycles. The third-order valence-corrected chi connectivity index (χ3v) is 2.06. The summed E-state index contributed by atoms with van der Waals surface area (Å²) < 4.78 is 13.3. The minimum atomic E-state index is -1.35. The van der Waals surface area contributed by atoms with E-state index in [0.717, 1.165) is 12.1 Å². The van der Waals surface area contributed by atoms with Crippen molar-refractivity contribution in [1.82, 2.24) is 0 Å². The van der Waals surface area contributed by atoms with Crippen LogP contribution in [-0.2, 0) is 4.79 Å². The van der Waals surface area contributed by atoms with Gasteiger partial charge >= 0.3 is 11.9 Å². The van der Waals surface area contributed by atoms with Gasteiger partial charge in [0.25, 0.3) is 0 Å². The number of aromatic carboxylic acids is 1. The predicted octanol–water partition coefficient (Wildman–Crippen LogP) is 2.00. The van der Waals surface area contributed by atoms with Gasteiger partial charge in [-0.3, -0.25) is 4.79 Å². The van der Waals surface area contributed by atoms with E-state index >= 15 is 0 Å². The van der Waals surface area contributed by atoms with Crippen LogP contribution in [0.1, 0.15) is 22.3 Å². The van der Waals surface area contributed by atoms with E-state index < -0.39 is 24.2 Å². The fraction of sp³-hybridized carbons (Fsp3) is 0.0909. The van der Waals surface area contributed by atoms with Crippen molar-refractivity contribution in [3.63, 3.8) is 0 Å². The van der Waals surface area contributed by atoms with Crippen LogP contribution in [0.3, 0.4) is 0 Å². The van der Waals surface area contributed by atoms with E-state index in [4.69, 9.17) is 21.8 Å². The van der Waals surface area contributed by atoms with E-state index in [1.54, 1.807) is 0 Å². The summed E-state index contributed by atoms with van der Waals surface area (Å²) >= 11 is 5.61. The maximum Gasteiger partial charge on any atom is 0.337 e. The molecule has 1 aromatic carbocycles. The average Bonchev–Trinajstić information content (AvgIpc) is 2.21. The fourth-order valence-corrected chi connectivity index (χ4v) is 1.27. The lowest BCUT2D eigenvalue weighted by molar-refractivity contribution is -0.135. The number of carbonyl (C=O) groups is 2. The van der Waals surface area contributed by atoms with Gasteiger partial charge in [0, 0.05) is 0 Å². The van der Waals surface area contributed by atoms with Crippen molar-refractivity contribution in [2.24, 2.45) is 0 Å². The SMILES string of the molecule is O=C(O)CC#Cc1cc(Cl)c(C(=O)O)cc1F. The van der Waals surface area contributed by atoms with Gasteiger partial charge in [0.15, 0.2) is 0 Å². The van der Waals surface area contributed by atoms with Crippen LogP contribution < -0.4 is 0 Å². The lowest BCUT2D eigenvalue weighted by Crippen LogP contribution is -2.00. The topological polar surface area (TPSA) is 74.6 Å². The van der Waals surface area contributed by atoms with Crippen LogP contribution in [0, 0.1) is 17.7 Å². The number of carboxylic acid groups (broad SMARTS) is 2. The second kappa shape index (κ2) is 5.32. The molecular formula is C11H6ClFO4. The van der Waals surface area contributed by atoms with Crippen LogP contribution in [0.4, 0.5) is 4.39 Å². The normalized spacial score (nSPS) is 9.29. The molecule has 0 atom stereocenters. The molecule has 0 fully saturated rings. The highest BCUT2D eigenvalue weighted by Gasteiger charge is 2.12. The van der Waals surface area contributed by atoms with Gasteiger partial charge in [-0.1, -0.05) is 23.4 Å². The lowest BCUT2D eigenvalue weighted by atomic mass is 10.1. The van der Waals surface area contributed by atoms with E-state index in [2.05, 4.69) is 11.8 Å². The lowest BCUT2D eigenvalue weighted by Gasteiger charge is -2.00. The van der Waals surface area contributed by atoms with Gasteiger partial charge in [0.05, 0.1) is 16.1 Å². The number of hydrogen-bond donors (Lipinski definition) is 2. The van der Waals surface area contributed by atoms with Crippen molar-refractivity contribution in [1.29, 1.82) is 0 Å². The quantitative estimate of drug-likeness (QED) is 0.794. The molecule has 0 aliphatic carbocycles. The summed E-state index contributed by atoms with van der Waals surface area (Å²) in [6.45, 7) is 0. The molecule has 4 nitrogen and oxygen atoms in total. The number of rotatable bonds is 2. The van der Waals surface area contributed by atoms with Crippen molar-refractivity contribution >= 4 is 23.5 Å². The van der Waals surface area contributed by atoms with Gasteiger partial charge in [-0.15, -0.1) is 0 Å². The van der Waals surface area contributed by atoms with Crippen LogP contribution >= 0.6 is 11.6 Å². The predicted molar refractivity (Wildman–Crippen MR) is 57.5 cm³/mol. The molecule has 0 saturated heterocycles. The van der Waals surface area contributed by atoms with Crippen molar-refractivity contribution in [3.8, 4) is 11.8 Å². The molecule has 0 aromatic heterocycles. The molecule has 0 heterocycles. The van der Waals surface area contributed by atoms with Crippen molar-refractivity contribution in [2.75, 3.05) is 0 Å². The molecule has 6 heteroatoms. The Morgan fingerprint density at radius 3 is 2.53 bits per heavy atom. The highest BCUT2D eigenvalue weighted by atomic mass is 35.5. The molecule has 0 aliphatic heterocycles. The van der Waals surface area contributed by atoms with Crippen LogP contribution in [-0.4, -0.2) is 22.2 Å². The van der Waals surface area contributed by atoms with Gasteiger partial charge in [-0.25, -0.2) is 9.18 Å². The summed E-state index contributed by atoms with van der Waals surface area (Å²) in [6.07, 6.45) is -0.433. The van der Waals surface area contributed by atoms with E-state index in [0.29, 0.717) is 0 Å². The van der Waals surface area contributed by atoms with E-state index in [-0.39, 0.29) is 16.1 Å². The third kappa shape index (κ3) is 3.47. The zero-order chi connectivity index (χ0) is 13.0. The standard InChI is InChI=1S/C11H6ClFO4/c12-8-4-6(2-1-3-10(14)15)9(13)5-7(8)11(16)17/h4-5H,3H2,(H,14,15)(H,16,17). The highest BCUT2D eigenvalue weighted by molar-refractivity contribution is 6.33. The summed E-state index contributed by atoms with van der Waals surface area (Å²) in [6, 6.07) is 1.80. The van der Waals surface area contributed by atoms with Crippen LogP contribution in [0.25, 0.3) is 0 Å². The maximum atomic E-state index is 13.3. The largest absolute Gasteiger partial charge is 0.481 e. The van der Waals surface area contributed by atoms with Crippen LogP contribution in [0.15, 0.2) is 12.1 Å². The number of carboxylic acids is 2. The molecule has 0 spiro atoms. The maximum absolute atomic E-state index is 13.3. The average molecular weight is 257 g/mol. The minimum absolute atomic E-state index is 0.138. The highest BCUT2D eigenvalue weighted by Crippen LogP contribution is 2.20. The third-order valence-electron chi connectivity index (χ3n) is 1.75. The first-order valence-corrected chi connectivity index (χ1v) is 4.72. The van der Waals surface area contributed by atoms with E-state index in [1.165, 1.54) is 0 Å². The molecule has 88 valence electrons. The molecule has 0 bridgehead atoms. The summed E-state index contributed by atoms with van der Waals surface area (Å²) in [7, 11) is 0. The van der Waals surface area contributed by atoms with Gasteiger partial charge in [0.2, 0.25) is 0 Å². The monoisotopic (exact) mass is 256 g/mol. The number of hydrogen-bond acceptors (Lipinski definition) is 2. The Morgan fingerprint density at radius 2 is 2.00 bits per heavy atom. The Morgan fingerprint density at radius 1 is 1.35 bits per heavy atom. The van der Waals surface area contributed by atoms with Gasteiger partial charge in [-0.05, 0) is 12.1 Å². The first kappa shape index (κ1) is 13.0. The second-order valence-electron chi connectivity index (χ2n) is 2.99. The number of benzene rings is 1. The van der Waals surface area contributed by atoms with Crippen molar-refractivity contribution in [2.45, 2.75) is 6.42 Å². The first-order chi connectivity index (χ1) is 7.91. The van der Waals surface area contributed by atoms with Gasteiger partial charge in [-0.2, -0.15) is 0 Å². The molecule has 1 rings (SSSR count). The molecule has 0 aliphatic rings. The molecule has 0 radical (unpaired) electrons. The van der Waals surface area contributed by atoms with E-state index in [1.807, 2.05) is 0 Å². The van der Waals surface area contributed by atoms with Crippen molar-refractivity contribution < 1.29 is 24.2 Å². The fourth-order valence-electron chi connectivity index (χ4n) is 1.02. The smallest absolute Gasteiger partial charge is 0.337 e. The number of aliphatic carboxylic acids is 1. The Hall–Kier alpha value is -2.06. The zero-order valence-electron chi connectivity index (χ0n) is 8.33. The molecular weight excluding hydrogens is 251 g/mol. The second-order valence-corrected chi connectivity index (χ2v) is 3.40. The molecule has 17 heavy (non-hydrogen) atoms. The Labute approximate surface area is 101 Å². The molecule has 0 amide bonds. The molecule has 1 aromatic rings. The molecule has 2 N–H and O–H groups in total. The van der Waals surface area contributed by atoms with Crippen LogP contribution in [0.2, 0.25) is 5.02 Å². The zero-order valence-corrected chi connectivity index (χ0v) is 9.08. The van der Waals surface area contributed by atoms with Crippen molar-refractivity contribution in [3.05, 3.63) is 34.1 Å². The summed E-state index contributed by atoms with van der Waals surface area (Å²) in [4.78, 5) is 20.8.